The first kappa shape index (κ1) is 15.8. The zero-order valence-electron chi connectivity index (χ0n) is 12.7. The van der Waals surface area contributed by atoms with Gasteiger partial charge in [0.05, 0.1) is 0 Å². The van der Waals surface area contributed by atoms with Gasteiger partial charge in [-0.15, -0.1) is 0 Å². The molecule has 5 heteroatoms. The van der Waals surface area contributed by atoms with Crippen molar-refractivity contribution in [2.24, 2.45) is 0 Å². The minimum atomic E-state index is -0.320. The molecule has 1 heterocycles. The molecular formula is C16H23FN2O2. The van der Waals surface area contributed by atoms with E-state index in [0.717, 1.165) is 25.9 Å². The summed E-state index contributed by atoms with van der Waals surface area (Å²) in [6.45, 7) is 3.46. The molecule has 1 saturated heterocycles. The molecule has 0 aliphatic carbocycles. The molecule has 1 aliphatic rings. The first-order valence-electron chi connectivity index (χ1n) is 7.49. The lowest BCUT2D eigenvalue weighted by Gasteiger charge is -2.26. The second-order valence-corrected chi connectivity index (χ2v) is 5.42. The number of likely N-dealkylation sites (tertiary alicyclic amines) is 1. The zero-order chi connectivity index (χ0) is 15.2. The Morgan fingerprint density at radius 3 is 2.71 bits per heavy atom. The molecular weight excluding hydrogens is 271 g/mol. The third kappa shape index (κ3) is 4.17. The highest BCUT2D eigenvalue weighted by molar-refractivity contribution is 5.77. The molecule has 1 aliphatic heterocycles. The predicted molar refractivity (Wildman–Crippen MR) is 79.8 cm³/mol. The van der Waals surface area contributed by atoms with Gasteiger partial charge in [-0.05, 0) is 39.3 Å². The standard InChI is InChI=1S/C16H23FN2O2/c1-12(18-2)14-7-6-13(10-15(14)17)21-11-16(20)19-8-4-3-5-9-19/h6-7,10,12,18H,3-5,8-9,11H2,1-2H3. The lowest BCUT2D eigenvalue weighted by molar-refractivity contribution is -0.134. The topological polar surface area (TPSA) is 41.6 Å². The van der Waals surface area contributed by atoms with E-state index in [1.165, 1.54) is 12.5 Å². The van der Waals surface area contributed by atoms with E-state index >= 15 is 0 Å². The molecule has 0 spiro atoms. The smallest absolute Gasteiger partial charge is 0.260 e. The molecule has 1 fully saturated rings. The van der Waals surface area contributed by atoms with Gasteiger partial charge in [0.2, 0.25) is 0 Å². The van der Waals surface area contributed by atoms with E-state index in [1.807, 2.05) is 11.8 Å². The number of hydrogen-bond donors (Lipinski definition) is 1. The highest BCUT2D eigenvalue weighted by Gasteiger charge is 2.17. The molecule has 1 N–H and O–H groups in total. The largest absolute Gasteiger partial charge is 0.484 e. The molecule has 1 atom stereocenters. The average Bonchev–Trinajstić information content (AvgIpc) is 2.52. The van der Waals surface area contributed by atoms with Gasteiger partial charge in [-0.1, -0.05) is 6.07 Å². The fourth-order valence-electron chi connectivity index (χ4n) is 2.48. The van der Waals surface area contributed by atoms with Crippen LogP contribution in [0.3, 0.4) is 0 Å². The molecule has 1 aromatic carbocycles. The van der Waals surface area contributed by atoms with E-state index in [1.54, 1.807) is 19.2 Å². The quantitative estimate of drug-likeness (QED) is 0.907. The third-order valence-electron chi connectivity index (χ3n) is 3.94. The molecule has 0 aromatic heterocycles. The van der Waals surface area contributed by atoms with Crippen LogP contribution in [-0.4, -0.2) is 37.6 Å². The molecule has 0 radical (unpaired) electrons. The van der Waals surface area contributed by atoms with Crippen LogP contribution >= 0.6 is 0 Å². The van der Waals surface area contributed by atoms with Crippen LogP contribution in [0.5, 0.6) is 5.75 Å². The number of nitrogens with zero attached hydrogens (tertiary/aromatic N) is 1. The predicted octanol–water partition coefficient (Wildman–Crippen LogP) is 2.50. The zero-order valence-corrected chi connectivity index (χ0v) is 12.7. The van der Waals surface area contributed by atoms with Crippen LogP contribution in [0.25, 0.3) is 0 Å². The van der Waals surface area contributed by atoms with E-state index in [4.69, 9.17) is 4.74 Å². The molecule has 4 nitrogen and oxygen atoms in total. The van der Waals surface area contributed by atoms with Gasteiger partial charge in [-0.25, -0.2) is 4.39 Å². The van der Waals surface area contributed by atoms with Crippen molar-refractivity contribution in [3.8, 4) is 5.75 Å². The average molecular weight is 294 g/mol. The van der Waals surface area contributed by atoms with E-state index in [-0.39, 0.29) is 24.4 Å². The van der Waals surface area contributed by atoms with E-state index < -0.39 is 0 Å². The number of rotatable bonds is 5. The first-order chi connectivity index (χ1) is 10.1. The number of carbonyl (C=O) groups is 1. The Bertz CT molecular complexity index is 487. The number of nitrogens with one attached hydrogen (secondary N) is 1. The highest BCUT2D eigenvalue weighted by Crippen LogP contribution is 2.21. The Balaban J connectivity index is 1.91. The van der Waals surface area contributed by atoms with E-state index in [2.05, 4.69) is 5.32 Å². The fourth-order valence-corrected chi connectivity index (χ4v) is 2.48. The normalized spacial score (nSPS) is 16.6. The molecule has 2 rings (SSSR count). The van der Waals surface area contributed by atoms with Gasteiger partial charge in [-0.2, -0.15) is 0 Å². The van der Waals surface area contributed by atoms with Gasteiger partial charge in [0, 0.05) is 30.8 Å². The van der Waals surface area contributed by atoms with Gasteiger partial charge >= 0.3 is 0 Å². The summed E-state index contributed by atoms with van der Waals surface area (Å²) in [6, 6.07) is 4.67. The summed E-state index contributed by atoms with van der Waals surface area (Å²) in [6.07, 6.45) is 3.29. The summed E-state index contributed by atoms with van der Waals surface area (Å²) in [5, 5.41) is 2.99. The summed E-state index contributed by atoms with van der Waals surface area (Å²) in [4.78, 5) is 13.8. The summed E-state index contributed by atoms with van der Waals surface area (Å²) < 4.78 is 19.4. The lowest BCUT2D eigenvalue weighted by Crippen LogP contribution is -2.38. The number of ether oxygens (including phenoxy) is 1. The minimum Gasteiger partial charge on any atom is -0.484 e. The van der Waals surface area contributed by atoms with Crippen LogP contribution < -0.4 is 10.1 Å². The van der Waals surface area contributed by atoms with E-state index in [0.29, 0.717) is 11.3 Å². The number of amides is 1. The third-order valence-corrected chi connectivity index (χ3v) is 3.94. The van der Waals surface area contributed by atoms with Crippen molar-refractivity contribution in [1.82, 2.24) is 10.2 Å². The lowest BCUT2D eigenvalue weighted by atomic mass is 10.1. The molecule has 0 bridgehead atoms. The van der Waals surface area contributed by atoms with Crippen LogP contribution in [0.4, 0.5) is 4.39 Å². The number of benzene rings is 1. The Kier molecular flexibility index (Phi) is 5.56. The summed E-state index contributed by atoms with van der Waals surface area (Å²) in [7, 11) is 1.78. The first-order valence-corrected chi connectivity index (χ1v) is 7.49. The summed E-state index contributed by atoms with van der Waals surface area (Å²) >= 11 is 0. The Labute approximate surface area is 125 Å². The van der Waals surface area contributed by atoms with Crippen LogP contribution in [-0.2, 0) is 4.79 Å². The van der Waals surface area contributed by atoms with Gasteiger partial charge in [-0.3, -0.25) is 4.79 Å². The van der Waals surface area contributed by atoms with Crippen molar-refractivity contribution >= 4 is 5.91 Å². The van der Waals surface area contributed by atoms with Crippen molar-refractivity contribution in [2.45, 2.75) is 32.2 Å². The number of carbonyl (C=O) groups excluding carboxylic acids is 1. The van der Waals surface area contributed by atoms with Gasteiger partial charge < -0.3 is 15.0 Å². The second kappa shape index (κ2) is 7.41. The number of hydrogen-bond acceptors (Lipinski definition) is 3. The number of halogens is 1. The van der Waals surface area contributed by atoms with Gasteiger partial charge in [0.1, 0.15) is 11.6 Å². The summed E-state index contributed by atoms with van der Waals surface area (Å²) in [5.74, 6) is 0.0486. The van der Waals surface area contributed by atoms with Crippen LogP contribution in [0.2, 0.25) is 0 Å². The molecule has 0 saturated carbocycles. The van der Waals surface area contributed by atoms with E-state index in [9.17, 15) is 9.18 Å². The molecule has 1 unspecified atom stereocenters. The van der Waals surface area contributed by atoms with Gasteiger partial charge in [0.15, 0.2) is 6.61 Å². The maximum Gasteiger partial charge on any atom is 0.260 e. The van der Waals surface area contributed by atoms with Crippen LogP contribution in [0, 0.1) is 5.82 Å². The van der Waals surface area contributed by atoms with Crippen molar-refractivity contribution in [3.63, 3.8) is 0 Å². The van der Waals surface area contributed by atoms with Crippen molar-refractivity contribution in [2.75, 3.05) is 26.7 Å². The maximum absolute atomic E-state index is 14.0. The van der Waals surface area contributed by atoms with Crippen LogP contribution in [0.1, 0.15) is 37.8 Å². The van der Waals surface area contributed by atoms with Gasteiger partial charge in [0.25, 0.3) is 5.91 Å². The highest BCUT2D eigenvalue weighted by atomic mass is 19.1. The molecule has 116 valence electrons. The number of piperidine rings is 1. The fraction of sp³-hybridized carbons (Fsp3) is 0.562. The summed E-state index contributed by atoms with van der Waals surface area (Å²) in [5.41, 5.74) is 0.590. The van der Waals surface area contributed by atoms with Crippen molar-refractivity contribution < 1.29 is 13.9 Å². The Hall–Kier alpha value is -1.62. The molecule has 1 amide bonds. The second-order valence-electron chi connectivity index (χ2n) is 5.42. The van der Waals surface area contributed by atoms with Crippen molar-refractivity contribution in [3.05, 3.63) is 29.6 Å². The van der Waals surface area contributed by atoms with Crippen molar-refractivity contribution in [1.29, 1.82) is 0 Å². The van der Waals surface area contributed by atoms with Crippen LogP contribution in [0.15, 0.2) is 18.2 Å². The Morgan fingerprint density at radius 1 is 1.38 bits per heavy atom. The Morgan fingerprint density at radius 2 is 2.10 bits per heavy atom. The molecule has 1 aromatic rings. The maximum atomic E-state index is 14.0. The minimum absolute atomic E-state index is 0.0252. The molecule has 21 heavy (non-hydrogen) atoms. The monoisotopic (exact) mass is 294 g/mol. The SMILES string of the molecule is CNC(C)c1ccc(OCC(=O)N2CCCCC2)cc1F.